The highest BCUT2D eigenvalue weighted by atomic mass is 16.5. The van der Waals surface area contributed by atoms with Gasteiger partial charge in [0.1, 0.15) is 5.75 Å². The molecule has 7 nitrogen and oxygen atoms in total. The predicted molar refractivity (Wildman–Crippen MR) is 97.4 cm³/mol. The number of carbonyl (C=O) groups excluding carboxylic acids is 2. The zero-order valence-electron chi connectivity index (χ0n) is 15.0. The SMILES string of the molecule is CC(=O)c1ccc(OC(C)C(=O)N2CCN(c3ncccn3)CC2)cc1. The Labute approximate surface area is 152 Å². The van der Waals surface area contributed by atoms with E-state index in [1.54, 1.807) is 54.5 Å². The van der Waals surface area contributed by atoms with Crippen molar-refractivity contribution in [2.45, 2.75) is 20.0 Å². The molecule has 7 heteroatoms. The van der Waals surface area contributed by atoms with Crippen LogP contribution in [0.2, 0.25) is 0 Å². The van der Waals surface area contributed by atoms with Gasteiger partial charge in [-0.25, -0.2) is 9.97 Å². The quantitative estimate of drug-likeness (QED) is 0.762. The lowest BCUT2D eigenvalue weighted by atomic mass is 10.1. The second kappa shape index (κ2) is 7.95. The van der Waals surface area contributed by atoms with E-state index < -0.39 is 6.10 Å². The van der Waals surface area contributed by atoms with Crippen LogP contribution >= 0.6 is 0 Å². The average molecular weight is 354 g/mol. The molecule has 1 atom stereocenters. The largest absolute Gasteiger partial charge is 0.481 e. The summed E-state index contributed by atoms with van der Waals surface area (Å²) in [6.07, 6.45) is 2.85. The van der Waals surface area contributed by atoms with Crippen LogP contribution in [0.5, 0.6) is 5.75 Å². The molecular weight excluding hydrogens is 332 g/mol. The minimum atomic E-state index is -0.585. The number of ether oxygens (including phenoxy) is 1. The fraction of sp³-hybridized carbons (Fsp3) is 0.368. The number of hydrogen-bond acceptors (Lipinski definition) is 6. The fourth-order valence-electron chi connectivity index (χ4n) is 2.86. The van der Waals surface area contributed by atoms with E-state index in [0.29, 0.717) is 43.4 Å². The maximum Gasteiger partial charge on any atom is 0.263 e. The maximum atomic E-state index is 12.6. The first-order chi connectivity index (χ1) is 12.5. The first-order valence-electron chi connectivity index (χ1n) is 8.63. The third kappa shape index (κ3) is 4.17. The normalized spacial score (nSPS) is 15.5. The number of aromatic nitrogens is 2. The monoisotopic (exact) mass is 354 g/mol. The number of anilines is 1. The molecule has 0 aliphatic carbocycles. The first-order valence-corrected chi connectivity index (χ1v) is 8.63. The van der Waals surface area contributed by atoms with Crippen molar-refractivity contribution in [2.24, 2.45) is 0 Å². The van der Waals surface area contributed by atoms with E-state index >= 15 is 0 Å². The summed E-state index contributed by atoms with van der Waals surface area (Å²) in [5, 5.41) is 0. The van der Waals surface area contributed by atoms with Gasteiger partial charge in [-0.2, -0.15) is 0 Å². The van der Waals surface area contributed by atoms with E-state index in [-0.39, 0.29) is 11.7 Å². The molecule has 0 N–H and O–H groups in total. The number of carbonyl (C=O) groups is 2. The predicted octanol–water partition coefficient (Wildman–Crippen LogP) is 1.80. The summed E-state index contributed by atoms with van der Waals surface area (Å²) in [5.41, 5.74) is 0.621. The zero-order valence-corrected chi connectivity index (χ0v) is 15.0. The maximum absolute atomic E-state index is 12.6. The van der Waals surface area contributed by atoms with Crippen LogP contribution in [0.25, 0.3) is 0 Å². The molecule has 26 heavy (non-hydrogen) atoms. The Kier molecular flexibility index (Phi) is 5.46. The summed E-state index contributed by atoms with van der Waals surface area (Å²) < 4.78 is 5.73. The van der Waals surface area contributed by atoms with Gasteiger partial charge < -0.3 is 14.5 Å². The van der Waals surface area contributed by atoms with E-state index in [1.807, 2.05) is 0 Å². The van der Waals surface area contributed by atoms with E-state index in [0.717, 1.165) is 0 Å². The highest BCUT2D eigenvalue weighted by Gasteiger charge is 2.26. The Morgan fingerprint density at radius 2 is 1.65 bits per heavy atom. The molecule has 3 rings (SSSR count). The van der Waals surface area contributed by atoms with Crippen LogP contribution in [-0.2, 0) is 4.79 Å². The number of ketones is 1. The minimum absolute atomic E-state index is 0.000872. The molecule has 1 unspecified atom stereocenters. The zero-order chi connectivity index (χ0) is 18.5. The van der Waals surface area contributed by atoms with Gasteiger partial charge in [-0.15, -0.1) is 0 Å². The number of nitrogens with zero attached hydrogens (tertiary/aromatic N) is 4. The summed E-state index contributed by atoms with van der Waals surface area (Å²) in [4.78, 5) is 36.3. The third-order valence-electron chi connectivity index (χ3n) is 4.35. The van der Waals surface area contributed by atoms with E-state index in [1.165, 1.54) is 6.92 Å². The average Bonchev–Trinajstić information content (AvgIpc) is 2.68. The van der Waals surface area contributed by atoms with Gasteiger partial charge in [-0.3, -0.25) is 9.59 Å². The van der Waals surface area contributed by atoms with Crippen molar-refractivity contribution in [1.29, 1.82) is 0 Å². The van der Waals surface area contributed by atoms with Gasteiger partial charge in [0.2, 0.25) is 5.95 Å². The van der Waals surface area contributed by atoms with Crippen LogP contribution in [0.4, 0.5) is 5.95 Å². The highest BCUT2D eigenvalue weighted by molar-refractivity contribution is 5.94. The molecule has 1 amide bonds. The fourth-order valence-corrected chi connectivity index (χ4v) is 2.86. The molecule has 0 saturated carbocycles. The molecule has 0 radical (unpaired) electrons. The van der Waals surface area contributed by atoms with Crippen LogP contribution in [0.1, 0.15) is 24.2 Å². The molecule has 1 aliphatic heterocycles. The van der Waals surface area contributed by atoms with Crippen LogP contribution < -0.4 is 9.64 Å². The number of Topliss-reactive ketones (excluding diaryl/α,β-unsaturated/α-hetero) is 1. The number of rotatable bonds is 5. The Balaban J connectivity index is 1.53. The van der Waals surface area contributed by atoms with Crippen molar-refractivity contribution in [3.63, 3.8) is 0 Å². The summed E-state index contributed by atoms with van der Waals surface area (Å²) in [7, 11) is 0. The number of benzene rings is 1. The lowest BCUT2D eigenvalue weighted by molar-refractivity contribution is -0.138. The van der Waals surface area contributed by atoms with Crippen LogP contribution in [0.15, 0.2) is 42.7 Å². The Morgan fingerprint density at radius 1 is 1.04 bits per heavy atom. The second-order valence-electron chi connectivity index (χ2n) is 6.20. The van der Waals surface area contributed by atoms with Crippen molar-refractivity contribution >= 4 is 17.6 Å². The molecule has 1 aliphatic rings. The molecule has 1 aromatic carbocycles. The van der Waals surface area contributed by atoms with Crippen molar-refractivity contribution in [3.8, 4) is 5.75 Å². The van der Waals surface area contributed by atoms with Gasteiger partial charge >= 0.3 is 0 Å². The Hall–Kier alpha value is -2.96. The molecule has 1 aromatic heterocycles. The van der Waals surface area contributed by atoms with Crippen LogP contribution in [0.3, 0.4) is 0 Å². The van der Waals surface area contributed by atoms with Gasteiger partial charge in [0.05, 0.1) is 0 Å². The molecule has 0 bridgehead atoms. The molecule has 2 heterocycles. The van der Waals surface area contributed by atoms with Crippen LogP contribution in [-0.4, -0.2) is 58.8 Å². The van der Waals surface area contributed by atoms with Crippen molar-refractivity contribution in [3.05, 3.63) is 48.3 Å². The molecule has 0 spiro atoms. The number of amides is 1. The number of hydrogen-bond donors (Lipinski definition) is 0. The lowest BCUT2D eigenvalue weighted by Crippen LogP contribution is -2.52. The van der Waals surface area contributed by atoms with E-state index in [2.05, 4.69) is 14.9 Å². The third-order valence-corrected chi connectivity index (χ3v) is 4.35. The molecule has 1 saturated heterocycles. The van der Waals surface area contributed by atoms with Gasteiger partial charge in [-0.05, 0) is 44.2 Å². The molecule has 1 fully saturated rings. The second-order valence-corrected chi connectivity index (χ2v) is 6.20. The lowest BCUT2D eigenvalue weighted by Gasteiger charge is -2.35. The highest BCUT2D eigenvalue weighted by Crippen LogP contribution is 2.16. The molecular formula is C19H22N4O3. The smallest absolute Gasteiger partial charge is 0.263 e. The standard InChI is InChI=1S/C19H22N4O3/c1-14(24)16-4-6-17(7-5-16)26-15(2)18(25)22-10-12-23(13-11-22)19-20-8-3-9-21-19/h3-9,15H,10-13H2,1-2H3. The van der Waals surface area contributed by atoms with Gasteiger partial charge in [-0.1, -0.05) is 0 Å². The topological polar surface area (TPSA) is 75.6 Å². The molecule has 2 aromatic rings. The number of piperazine rings is 1. The van der Waals surface area contributed by atoms with E-state index in [9.17, 15) is 9.59 Å². The van der Waals surface area contributed by atoms with Crippen LogP contribution in [0, 0.1) is 0 Å². The summed E-state index contributed by atoms with van der Waals surface area (Å²) in [5.74, 6) is 1.22. The Morgan fingerprint density at radius 3 is 2.23 bits per heavy atom. The summed E-state index contributed by atoms with van der Waals surface area (Å²) in [6, 6.07) is 8.61. The minimum Gasteiger partial charge on any atom is -0.481 e. The summed E-state index contributed by atoms with van der Waals surface area (Å²) >= 11 is 0. The van der Waals surface area contributed by atoms with Crippen molar-refractivity contribution in [2.75, 3.05) is 31.1 Å². The first kappa shape index (κ1) is 17.8. The van der Waals surface area contributed by atoms with Gasteiger partial charge in [0, 0.05) is 44.1 Å². The van der Waals surface area contributed by atoms with Gasteiger partial charge in [0.25, 0.3) is 5.91 Å². The van der Waals surface area contributed by atoms with Gasteiger partial charge in [0.15, 0.2) is 11.9 Å². The Bertz CT molecular complexity index is 756. The summed E-state index contributed by atoms with van der Waals surface area (Å²) in [6.45, 7) is 5.85. The van der Waals surface area contributed by atoms with Crippen molar-refractivity contribution in [1.82, 2.24) is 14.9 Å². The van der Waals surface area contributed by atoms with Crippen molar-refractivity contribution < 1.29 is 14.3 Å². The molecule has 136 valence electrons. The van der Waals surface area contributed by atoms with E-state index in [4.69, 9.17) is 4.74 Å².